The third-order valence-electron chi connectivity index (χ3n) is 8.34. The molecule has 7 atom stereocenters. The lowest BCUT2D eigenvalue weighted by atomic mass is 9.48. The largest absolute Gasteiger partial charge is 0.462 e. The molecule has 0 aromatic heterocycles. The molecule has 0 amide bonds. The topological polar surface area (TPSA) is 43.4 Å². The fraction of sp³-hybridized carbons (Fsp3) is 0.900. The summed E-state index contributed by atoms with van der Waals surface area (Å²) in [7, 11) is 0. The summed E-state index contributed by atoms with van der Waals surface area (Å²) in [5.74, 6) is 3.13. The zero-order valence-corrected chi connectivity index (χ0v) is 14.8. The van der Waals surface area contributed by atoms with Crippen LogP contribution >= 0.6 is 0 Å². The molecule has 0 bridgehead atoms. The molecule has 4 aliphatic rings. The van der Waals surface area contributed by atoms with Gasteiger partial charge in [0, 0.05) is 25.2 Å². The van der Waals surface area contributed by atoms with Crippen molar-refractivity contribution in [2.45, 2.75) is 78.2 Å². The average Bonchev–Trinajstić information content (AvgIpc) is 2.94. The minimum Gasteiger partial charge on any atom is -0.462 e. The van der Waals surface area contributed by atoms with Crippen molar-refractivity contribution in [3.05, 3.63) is 0 Å². The Labute approximate surface area is 139 Å². The third kappa shape index (κ3) is 2.14. The van der Waals surface area contributed by atoms with Crippen molar-refractivity contribution in [1.29, 1.82) is 0 Å². The third-order valence-corrected chi connectivity index (χ3v) is 8.34. The number of ether oxygens (including phenoxy) is 1. The number of hydrogen-bond donors (Lipinski definition) is 0. The Morgan fingerprint density at radius 1 is 1.04 bits per heavy atom. The van der Waals surface area contributed by atoms with E-state index in [-0.39, 0.29) is 22.9 Å². The van der Waals surface area contributed by atoms with E-state index in [9.17, 15) is 9.59 Å². The highest BCUT2D eigenvalue weighted by Crippen LogP contribution is 2.66. The smallest absolute Gasteiger partial charge is 0.302 e. The van der Waals surface area contributed by atoms with Crippen LogP contribution in [0.3, 0.4) is 0 Å². The van der Waals surface area contributed by atoms with Crippen LogP contribution in [0.25, 0.3) is 0 Å². The Balaban J connectivity index is 1.60. The van der Waals surface area contributed by atoms with Gasteiger partial charge >= 0.3 is 5.97 Å². The van der Waals surface area contributed by atoms with Gasteiger partial charge in [-0.2, -0.15) is 0 Å². The van der Waals surface area contributed by atoms with Crippen LogP contribution in [0.2, 0.25) is 0 Å². The second kappa shape index (κ2) is 5.07. The average molecular weight is 318 g/mol. The van der Waals surface area contributed by atoms with Gasteiger partial charge < -0.3 is 4.74 Å². The van der Waals surface area contributed by atoms with E-state index in [2.05, 4.69) is 13.8 Å². The summed E-state index contributed by atoms with van der Waals surface area (Å²) in [4.78, 5) is 23.6. The van der Waals surface area contributed by atoms with E-state index in [1.807, 2.05) is 0 Å². The van der Waals surface area contributed by atoms with E-state index < -0.39 is 0 Å². The van der Waals surface area contributed by atoms with Crippen LogP contribution < -0.4 is 0 Å². The molecule has 0 aromatic carbocycles. The summed E-state index contributed by atoms with van der Waals surface area (Å²) in [5.41, 5.74) is 0.416. The van der Waals surface area contributed by atoms with E-state index in [1.54, 1.807) is 6.92 Å². The molecule has 0 heterocycles. The summed E-state index contributed by atoms with van der Waals surface area (Å²) in [5, 5.41) is 0. The predicted octanol–water partition coefficient (Wildman–Crippen LogP) is 4.14. The zero-order valence-electron chi connectivity index (χ0n) is 14.8. The van der Waals surface area contributed by atoms with E-state index >= 15 is 0 Å². The zero-order chi connectivity index (χ0) is 16.4. The second-order valence-corrected chi connectivity index (χ2v) is 9.30. The Kier molecular flexibility index (Phi) is 3.45. The SMILES string of the molecule is CC(=O)OC1CCC2C3CCC4CC(=O)CC4(C)C3CCC12C. The van der Waals surface area contributed by atoms with Crippen LogP contribution in [0.15, 0.2) is 0 Å². The first kappa shape index (κ1) is 15.7. The Bertz CT molecular complexity index is 541. The highest BCUT2D eigenvalue weighted by atomic mass is 16.5. The number of carbonyl (C=O) groups excluding carboxylic acids is 2. The van der Waals surface area contributed by atoms with Gasteiger partial charge in [-0.05, 0) is 67.6 Å². The standard InChI is InChI=1S/C20H30O3/c1-12(21)23-18-7-6-16-15-5-4-13-10-14(22)11-20(13,3)17(15)8-9-19(16,18)2/h13,15-18H,4-11H2,1-3H3. The van der Waals surface area contributed by atoms with Gasteiger partial charge in [0.05, 0.1) is 0 Å². The number of fused-ring (bicyclic) bond motifs is 5. The van der Waals surface area contributed by atoms with Crippen LogP contribution in [0, 0.1) is 34.5 Å². The molecule has 7 unspecified atom stereocenters. The number of carbonyl (C=O) groups is 2. The van der Waals surface area contributed by atoms with E-state index in [4.69, 9.17) is 4.74 Å². The molecule has 4 aliphatic carbocycles. The molecule has 128 valence electrons. The fourth-order valence-corrected chi connectivity index (χ4v) is 7.26. The predicted molar refractivity (Wildman–Crippen MR) is 87.7 cm³/mol. The van der Waals surface area contributed by atoms with Crippen LogP contribution in [-0.2, 0) is 14.3 Å². The van der Waals surface area contributed by atoms with Crippen LogP contribution in [0.5, 0.6) is 0 Å². The highest BCUT2D eigenvalue weighted by Gasteiger charge is 2.62. The Hall–Kier alpha value is -0.860. The molecule has 0 aromatic rings. The summed E-state index contributed by atoms with van der Waals surface area (Å²) in [6.07, 6.45) is 8.88. The van der Waals surface area contributed by atoms with Gasteiger partial charge in [-0.1, -0.05) is 13.8 Å². The maximum Gasteiger partial charge on any atom is 0.302 e. The lowest BCUT2D eigenvalue weighted by Gasteiger charge is -2.57. The molecule has 0 radical (unpaired) electrons. The molecule has 0 saturated heterocycles. The van der Waals surface area contributed by atoms with Gasteiger partial charge in [-0.3, -0.25) is 9.59 Å². The number of hydrogen-bond acceptors (Lipinski definition) is 3. The maximum absolute atomic E-state index is 12.1. The van der Waals surface area contributed by atoms with Crippen molar-refractivity contribution in [3.8, 4) is 0 Å². The lowest BCUT2D eigenvalue weighted by molar-refractivity contribution is -0.159. The molecular weight excluding hydrogens is 288 g/mol. The maximum atomic E-state index is 12.1. The molecule has 3 nitrogen and oxygen atoms in total. The molecule has 4 rings (SSSR count). The van der Waals surface area contributed by atoms with Crippen molar-refractivity contribution in [2.24, 2.45) is 34.5 Å². The van der Waals surface area contributed by atoms with Gasteiger partial charge in [0.2, 0.25) is 0 Å². The summed E-state index contributed by atoms with van der Waals surface area (Å²) >= 11 is 0. The summed E-state index contributed by atoms with van der Waals surface area (Å²) in [6.45, 7) is 6.31. The van der Waals surface area contributed by atoms with Gasteiger partial charge in [0.15, 0.2) is 0 Å². The van der Waals surface area contributed by atoms with Gasteiger partial charge in [-0.15, -0.1) is 0 Å². The Morgan fingerprint density at radius 2 is 1.78 bits per heavy atom. The van der Waals surface area contributed by atoms with Crippen molar-refractivity contribution in [3.63, 3.8) is 0 Å². The fourth-order valence-electron chi connectivity index (χ4n) is 7.26. The summed E-state index contributed by atoms with van der Waals surface area (Å²) < 4.78 is 5.70. The van der Waals surface area contributed by atoms with E-state index in [0.717, 1.165) is 31.6 Å². The number of rotatable bonds is 1. The van der Waals surface area contributed by atoms with E-state index in [1.165, 1.54) is 25.7 Å². The molecule has 3 heteroatoms. The Morgan fingerprint density at radius 3 is 2.52 bits per heavy atom. The second-order valence-electron chi connectivity index (χ2n) is 9.30. The molecule has 0 spiro atoms. The minimum absolute atomic E-state index is 0.113. The lowest BCUT2D eigenvalue weighted by Crippen LogP contribution is -2.51. The van der Waals surface area contributed by atoms with Gasteiger partial charge in [-0.25, -0.2) is 0 Å². The monoisotopic (exact) mass is 318 g/mol. The molecule has 4 saturated carbocycles. The van der Waals surface area contributed by atoms with Crippen LogP contribution in [0.1, 0.15) is 72.1 Å². The molecule has 4 fully saturated rings. The van der Waals surface area contributed by atoms with Crippen LogP contribution in [0.4, 0.5) is 0 Å². The number of esters is 1. The van der Waals surface area contributed by atoms with Crippen LogP contribution in [-0.4, -0.2) is 17.9 Å². The first-order chi connectivity index (χ1) is 10.8. The molecule has 23 heavy (non-hydrogen) atoms. The molecule has 0 aliphatic heterocycles. The van der Waals surface area contributed by atoms with Gasteiger partial charge in [0.1, 0.15) is 11.9 Å². The minimum atomic E-state index is -0.129. The van der Waals surface area contributed by atoms with Gasteiger partial charge in [0.25, 0.3) is 0 Å². The summed E-state index contributed by atoms with van der Waals surface area (Å²) in [6, 6.07) is 0. The van der Waals surface area contributed by atoms with Crippen molar-refractivity contribution in [2.75, 3.05) is 0 Å². The number of Topliss-reactive ketones (excluding diaryl/α,β-unsaturated/α-hetero) is 1. The first-order valence-electron chi connectivity index (χ1n) is 9.53. The molecular formula is C20H30O3. The van der Waals surface area contributed by atoms with E-state index in [0.29, 0.717) is 23.5 Å². The quantitative estimate of drug-likeness (QED) is 0.682. The number of ketones is 1. The molecule has 0 N–H and O–H groups in total. The first-order valence-corrected chi connectivity index (χ1v) is 9.53. The highest BCUT2D eigenvalue weighted by molar-refractivity contribution is 5.82. The normalized spacial score (nSPS) is 51.8. The van der Waals surface area contributed by atoms with Crippen molar-refractivity contribution in [1.82, 2.24) is 0 Å². The van der Waals surface area contributed by atoms with Crippen molar-refractivity contribution < 1.29 is 14.3 Å². The van der Waals surface area contributed by atoms with Crippen molar-refractivity contribution >= 4 is 11.8 Å².